The van der Waals surface area contributed by atoms with Crippen molar-refractivity contribution >= 4 is 28.9 Å². The molecule has 4 rings (SSSR count). The van der Waals surface area contributed by atoms with Crippen LogP contribution in [0.4, 0.5) is 30.5 Å². The molecule has 11 heteroatoms. The van der Waals surface area contributed by atoms with E-state index >= 15 is 0 Å². The molecule has 0 spiro atoms. The van der Waals surface area contributed by atoms with Gasteiger partial charge in [-0.25, -0.2) is 4.98 Å². The number of amides is 1. The maximum absolute atomic E-state index is 13.2. The van der Waals surface area contributed by atoms with Gasteiger partial charge in [-0.2, -0.15) is 22.8 Å². The Bertz CT molecular complexity index is 1060. The normalized spacial score (nSPS) is 14.4. The zero-order valence-electron chi connectivity index (χ0n) is 14.6. The Morgan fingerprint density at radius 2 is 2.11 bits per heavy atom. The van der Waals surface area contributed by atoms with Gasteiger partial charge in [0.15, 0.2) is 5.65 Å². The molecule has 3 N–H and O–H groups in total. The lowest BCUT2D eigenvalue weighted by Crippen LogP contribution is -2.28. The van der Waals surface area contributed by atoms with Crippen molar-refractivity contribution in [3.63, 3.8) is 0 Å². The zero-order chi connectivity index (χ0) is 19.9. The number of carbonyl (C=O) groups excluding carboxylic acids is 1. The van der Waals surface area contributed by atoms with Crippen molar-refractivity contribution in [2.45, 2.75) is 6.18 Å². The highest BCUT2D eigenvalue weighted by Crippen LogP contribution is 2.38. The van der Waals surface area contributed by atoms with Crippen LogP contribution in [0.5, 0.6) is 5.75 Å². The highest BCUT2D eigenvalue weighted by molar-refractivity contribution is 6.00. The fraction of sp³-hybridized carbons (Fsp3) is 0.235. The van der Waals surface area contributed by atoms with Crippen molar-refractivity contribution in [1.29, 1.82) is 0 Å². The largest absolute Gasteiger partial charge is 0.491 e. The number of fused-ring (bicyclic) bond motifs is 3. The number of anilines is 3. The third kappa shape index (κ3) is 3.15. The second-order valence-electron chi connectivity index (χ2n) is 6.01. The van der Waals surface area contributed by atoms with E-state index in [2.05, 4.69) is 26.0 Å². The Morgan fingerprint density at radius 1 is 1.29 bits per heavy atom. The molecule has 0 atom stereocenters. The van der Waals surface area contributed by atoms with E-state index in [-0.39, 0.29) is 24.5 Å². The Labute approximate surface area is 156 Å². The molecule has 0 unspecified atom stereocenters. The topological polar surface area (TPSA) is 92.6 Å². The van der Waals surface area contributed by atoms with Gasteiger partial charge in [0.05, 0.1) is 18.3 Å². The Kier molecular flexibility index (Phi) is 4.21. The molecule has 146 valence electrons. The maximum atomic E-state index is 13.2. The first-order valence-electron chi connectivity index (χ1n) is 8.32. The highest BCUT2D eigenvalue weighted by atomic mass is 19.4. The van der Waals surface area contributed by atoms with Gasteiger partial charge < -0.3 is 20.7 Å². The van der Waals surface area contributed by atoms with Gasteiger partial charge in [-0.1, -0.05) is 0 Å². The van der Waals surface area contributed by atoms with E-state index in [1.807, 2.05) is 0 Å². The minimum Gasteiger partial charge on any atom is -0.491 e. The number of benzene rings is 1. The van der Waals surface area contributed by atoms with Crippen molar-refractivity contribution in [3.05, 3.63) is 41.6 Å². The molecule has 3 heterocycles. The summed E-state index contributed by atoms with van der Waals surface area (Å²) < 4.78 is 46.5. The van der Waals surface area contributed by atoms with E-state index in [9.17, 15) is 18.0 Å². The van der Waals surface area contributed by atoms with Gasteiger partial charge in [0.25, 0.3) is 5.91 Å². The molecule has 1 aliphatic heterocycles. The summed E-state index contributed by atoms with van der Waals surface area (Å²) in [6.07, 6.45) is -3.18. The van der Waals surface area contributed by atoms with Crippen LogP contribution in [0.2, 0.25) is 0 Å². The van der Waals surface area contributed by atoms with Crippen molar-refractivity contribution in [3.8, 4) is 5.75 Å². The molecule has 0 fully saturated rings. The number of aromatic nitrogens is 3. The lowest BCUT2D eigenvalue weighted by Gasteiger charge is -2.16. The van der Waals surface area contributed by atoms with Crippen molar-refractivity contribution in [1.82, 2.24) is 19.9 Å². The summed E-state index contributed by atoms with van der Waals surface area (Å²) in [5, 5.41) is 12.7. The van der Waals surface area contributed by atoms with Crippen LogP contribution in [-0.2, 0) is 6.18 Å². The molecule has 1 aromatic carbocycles. The lowest BCUT2D eigenvalue weighted by molar-refractivity contribution is -0.138. The molecule has 0 saturated heterocycles. The van der Waals surface area contributed by atoms with Crippen molar-refractivity contribution in [2.24, 2.45) is 0 Å². The monoisotopic (exact) mass is 392 g/mol. The quantitative estimate of drug-likeness (QED) is 0.590. The summed E-state index contributed by atoms with van der Waals surface area (Å²) in [4.78, 5) is 16.8. The van der Waals surface area contributed by atoms with Crippen molar-refractivity contribution in [2.75, 3.05) is 30.8 Å². The first kappa shape index (κ1) is 17.9. The predicted molar refractivity (Wildman–Crippen MR) is 95.1 cm³/mol. The van der Waals surface area contributed by atoms with Crippen LogP contribution >= 0.6 is 0 Å². The lowest BCUT2D eigenvalue weighted by atomic mass is 10.1. The van der Waals surface area contributed by atoms with Crippen LogP contribution in [0.15, 0.2) is 30.5 Å². The van der Waals surface area contributed by atoms with Gasteiger partial charge in [0.1, 0.15) is 29.6 Å². The molecule has 4 bridgehead atoms. The molecular formula is C17H15F3N6O2. The second-order valence-corrected chi connectivity index (χ2v) is 6.01. The molecule has 1 amide bonds. The molecular weight excluding hydrogens is 377 g/mol. The average molecular weight is 392 g/mol. The predicted octanol–water partition coefficient (Wildman–Crippen LogP) is 2.66. The summed E-state index contributed by atoms with van der Waals surface area (Å²) >= 11 is 0. The molecule has 1 aliphatic rings. The third-order valence-corrected chi connectivity index (χ3v) is 4.18. The molecule has 0 aliphatic carbocycles. The van der Waals surface area contributed by atoms with Crippen LogP contribution in [0.3, 0.4) is 0 Å². The summed E-state index contributed by atoms with van der Waals surface area (Å²) in [7, 11) is 1.68. The number of rotatable bonds is 1. The molecule has 2 aromatic heterocycles. The number of nitrogens with zero attached hydrogens (tertiary/aromatic N) is 3. The van der Waals surface area contributed by atoms with Crippen molar-refractivity contribution < 1.29 is 22.7 Å². The first-order valence-corrected chi connectivity index (χ1v) is 8.32. The summed E-state index contributed by atoms with van der Waals surface area (Å²) in [5.41, 5.74) is 0.0120. The minimum atomic E-state index is -4.56. The molecule has 0 radical (unpaired) electrons. The SMILES string of the molecule is CNc1cc2nc3c(cnn13)C(=O)NCCOc1cc(ccc1C(F)(F)F)N2. The summed E-state index contributed by atoms with van der Waals surface area (Å²) in [5.74, 6) is 0.0948. The summed E-state index contributed by atoms with van der Waals surface area (Å²) in [6, 6.07) is 5.11. The number of hydrogen-bond acceptors (Lipinski definition) is 6. The van der Waals surface area contributed by atoms with Crippen LogP contribution in [0.1, 0.15) is 15.9 Å². The second kappa shape index (κ2) is 6.59. The van der Waals surface area contributed by atoms with E-state index in [4.69, 9.17) is 4.74 Å². The van der Waals surface area contributed by atoms with Crippen LogP contribution < -0.4 is 20.7 Å². The van der Waals surface area contributed by atoms with Crippen LogP contribution in [0, 0.1) is 0 Å². The Morgan fingerprint density at radius 3 is 2.86 bits per heavy atom. The molecule has 8 nitrogen and oxygen atoms in total. The number of ether oxygens (including phenoxy) is 1. The van der Waals surface area contributed by atoms with E-state index in [0.717, 1.165) is 6.07 Å². The van der Waals surface area contributed by atoms with Gasteiger partial charge in [-0.3, -0.25) is 4.79 Å². The summed E-state index contributed by atoms with van der Waals surface area (Å²) in [6.45, 7) is -0.112. The number of carbonyl (C=O) groups is 1. The average Bonchev–Trinajstić information content (AvgIpc) is 3.07. The zero-order valence-corrected chi connectivity index (χ0v) is 14.6. The number of halogens is 3. The fourth-order valence-electron chi connectivity index (χ4n) is 2.89. The number of nitrogens with one attached hydrogen (secondary N) is 3. The molecule has 3 aromatic rings. The van der Waals surface area contributed by atoms with Gasteiger partial charge in [0, 0.05) is 24.9 Å². The Hall–Kier alpha value is -3.50. The first-order chi connectivity index (χ1) is 13.4. The van der Waals surface area contributed by atoms with Crippen LogP contribution in [0.25, 0.3) is 5.65 Å². The standard InChI is InChI=1S/C17H15F3N6O2/c1-21-14-7-13-24-9-2-3-11(17(18,19)20)12(6-9)28-5-4-22-16(27)10-8-23-26(14)15(10)25-13/h2-3,6-8,21H,4-5H2,1H3,(H,22,27)(H,24,25). The molecule has 0 saturated carbocycles. The van der Waals surface area contributed by atoms with Gasteiger partial charge in [-0.15, -0.1) is 0 Å². The van der Waals surface area contributed by atoms with Gasteiger partial charge >= 0.3 is 6.18 Å². The van der Waals surface area contributed by atoms with Gasteiger partial charge in [-0.05, 0) is 12.1 Å². The minimum absolute atomic E-state index is 0.0176. The Balaban J connectivity index is 1.85. The van der Waals surface area contributed by atoms with E-state index in [0.29, 0.717) is 23.0 Å². The van der Waals surface area contributed by atoms with E-state index in [1.54, 1.807) is 13.1 Å². The highest BCUT2D eigenvalue weighted by Gasteiger charge is 2.34. The van der Waals surface area contributed by atoms with E-state index in [1.165, 1.54) is 22.8 Å². The fourth-order valence-corrected chi connectivity index (χ4v) is 2.89. The molecule has 28 heavy (non-hydrogen) atoms. The maximum Gasteiger partial charge on any atom is 0.419 e. The van der Waals surface area contributed by atoms with Gasteiger partial charge in [0.2, 0.25) is 0 Å². The number of hydrogen-bond donors (Lipinski definition) is 3. The number of alkyl halides is 3. The van der Waals surface area contributed by atoms with Crippen LogP contribution in [-0.4, -0.2) is 40.7 Å². The van der Waals surface area contributed by atoms with E-state index < -0.39 is 17.6 Å². The third-order valence-electron chi connectivity index (χ3n) is 4.18. The smallest absolute Gasteiger partial charge is 0.419 e.